The minimum Gasteiger partial charge on any atom is -0.304 e. The molecule has 0 fully saturated rings. The standard InChI is InChI=1S/C25H34ClN5O2S/c1-3-31(4-2)17-8-18-34(32,33)30-23(16-13-20-9-6-5-7-10-20)25-27-24(28-29-25)19-21-11-14-22(26)15-12-21/h5-7,9-12,14-15,23,30H,3-4,8,13,16-19H2,1-2H3,(H,27,28,29)/t23-/m1/s1. The third-order valence-electron chi connectivity index (χ3n) is 5.82. The molecule has 0 radical (unpaired) electrons. The summed E-state index contributed by atoms with van der Waals surface area (Å²) in [6.45, 7) is 6.76. The molecular weight excluding hydrogens is 470 g/mol. The monoisotopic (exact) mass is 503 g/mol. The Morgan fingerprint density at radius 3 is 2.41 bits per heavy atom. The minimum absolute atomic E-state index is 0.0805. The van der Waals surface area contributed by atoms with E-state index in [0.29, 0.717) is 35.9 Å². The number of aromatic amines is 1. The number of rotatable bonds is 14. The molecule has 34 heavy (non-hydrogen) atoms. The predicted molar refractivity (Wildman–Crippen MR) is 137 cm³/mol. The maximum Gasteiger partial charge on any atom is 0.212 e. The first-order valence-electron chi connectivity index (χ1n) is 11.8. The number of H-pyrrole nitrogens is 1. The molecule has 0 saturated carbocycles. The number of aryl methyl sites for hydroxylation is 1. The van der Waals surface area contributed by atoms with Crippen molar-refractivity contribution in [3.05, 3.63) is 82.4 Å². The van der Waals surface area contributed by atoms with Crippen LogP contribution >= 0.6 is 11.6 Å². The van der Waals surface area contributed by atoms with Gasteiger partial charge in [0.25, 0.3) is 0 Å². The van der Waals surface area contributed by atoms with Crippen LogP contribution in [0.1, 0.15) is 55.5 Å². The summed E-state index contributed by atoms with van der Waals surface area (Å²) in [5.41, 5.74) is 2.18. The molecule has 1 heterocycles. The number of hydrogen-bond acceptors (Lipinski definition) is 5. The Morgan fingerprint density at radius 1 is 1.03 bits per heavy atom. The highest BCUT2D eigenvalue weighted by Gasteiger charge is 2.23. The van der Waals surface area contributed by atoms with Crippen molar-refractivity contribution in [3.63, 3.8) is 0 Å². The molecule has 3 aromatic rings. The van der Waals surface area contributed by atoms with E-state index >= 15 is 0 Å². The summed E-state index contributed by atoms with van der Waals surface area (Å²) in [5.74, 6) is 1.23. The van der Waals surface area contributed by atoms with Crippen molar-refractivity contribution in [1.82, 2.24) is 24.8 Å². The number of nitrogens with zero attached hydrogens (tertiary/aromatic N) is 3. The third-order valence-corrected chi connectivity index (χ3v) is 7.54. The van der Waals surface area contributed by atoms with Gasteiger partial charge >= 0.3 is 0 Å². The highest BCUT2D eigenvalue weighted by atomic mass is 35.5. The molecule has 1 atom stereocenters. The van der Waals surface area contributed by atoms with Crippen LogP contribution in [0.5, 0.6) is 0 Å². The van der Waals surface area contributed by atoms with Gasteiger partial charge in [0.1, 0.15) is 5.82 Å². The fourth-order valence-electron chi connectivity index (χ4n) is 3.83. The van der Waals surface area contributed by atoms with E-state index in [1.807, 2.05) is 54.6 Å². The van der Waals surface area contributed by atoms with Crippen LogP contribution in [0.4, 0.5) is 0 Å². The van der Waals surface area contributed by atoms with Crippen LogP contribution in [0, 0.1) is 0 Å². The topological polar surface area (TPSA) is 91.0 Å². The van der Waals surface area contributed by atoms with E-state index in [0.717, 1.165) is 37.2 Å². The van der Waals surface area contributed by atoms with Crippen LogP contribution in [0.25, 0.3) is 0 Å². The van der Waals surface area contributed by atoms with E-state index in [1.54, 1.807) is 0 Å². The van der Waals surface area contributed by atoms with E-state index in [1.165, 1.54) is 0 Å². The second-order valence-electron chi connectivity index (χ2n) is 8.33. The van der Waals surface area contributed by atoms with Gasteiger partial charge in [-0.25, -0.2) is 18.1 Å². The second kappa shape index (κ2) is 13.0. The summed E-state index contributed by atoms with van der Waals surface area (Å²) < 4.78 is 28.7. The summed E-state index contributed by atoms with van der Waals surface area (Å²) >= 11 is 5.97. The fraction of sp³-hybridized carbons (Fsp3) is 0.440. The van der Waals surface area contributed by atoms with Crippen LogP contribution < -0.4 is 4.72 Å². The Balaban J connectivity index is 1.70. The van der Waals surface area contributed by atoms with Crippen molar-refractivity contribution in [2.24, 2.45) is 0 Å². The lowest BCUT2D eigenvalue weighted by Crippen LogP contribution is -2.33. The molecule has 3 rings (SSSR count). The zero-order valence-corrected chi connectivity index (χ0v) is 21.4. The number of aromatic nitrogens is 3. The van der Waals surface area contributed by atoms with Gasteiger partial charge in [-0.2, -0.15) is 5.10 Å². The van der Waals surface area contributed by atoms with Crippen LogP contribution in [-0.2, 0) is 22.9 Å². The van der Waals surface area contributed by atoms with Crippen molar-refractivity contribution in [2.75, 3.05) is 25.4 Å². The number of nitrogens with one attached hydrogen (secondary N) is 2. The van der Waals surface area contributed by atoms with Gasteiger partial charge in [-0.1, -0.05) is 67.9 Å². The van der Waals surface area contributed by atoms with E-state index in [-0.39, 0.29) is 5.75 Å². The molecule has 7 nitrogen and oxygen atoms in total. The van der Waals surface area contributed by atoms with Crippen molar-refractivity contribution >= 4 is 21.6 Å². The van der Waals surface area contributed by atoms with Gasteiger partial charge in [0.15, 0.2) is 5.82 Å². The Morgan fingerprint density at radius 2 is 1.74 bits per heavy atom. The Kier molecular flexibility index (Phi) is 10.1. The van der Waals surface area contributed by atoms with Gasteiger partial charge in [-0.15, -0.1) is 0 Å². The SMILES string of the molecule is CCN(CC)CCCS(=O)(=O)N[C@H](CCc1ccccc1)c1nc(Cc2ccc(Cl)cc2)n[nH]1. The molecule has 2 N–H and O–H groups in total. The number of halogens is 1. The average molecular weight is 504 g/mol. The van der Waals surface area contributed by atoms with Crippen molar-refractivity contribution in [2.45, 2.75) is 45.6 Å². The molecule has 0 aliphatic carbocycles. The normalized spacial score (nSPS) is 12.8. The van der Waals surface area contributed by atoms with Crippen molar-refractivity contribution in [1.29, 1.82) is 0 Å². The summed E-state index contributed by atoms with van der Waals surface area (Å²) in [6.07, 6.45) is 2.42. The Hall–Kier alpha value is -2.26. The van der Waals surface area contributed by atoms with Gasteiger partial charge in [0.05, 0.1) is 11.8 Å². The zero-order chi connectivity index (χ0) is 24.4. The fourth-order valence-corrected chi connectivity index (χ4v) is 5.25. The third kappa shape index (κ3) is 8.51. The van der Waals surface area contributed by atoms with E-state index in [4.69, 9.17) is 11.6 Å². The predicted octanol–water partition coefficient (Wildman–Crippen LogP) is 4.37. The number of hydrogen-bond donors (Lipinski definition) is 2. The molecule has 0 bridgehead atoms. The van der Waals surface area contributed by atoms with E-state index in [9.17, 15) is 8.42 Å². The lowest BCUT2D eigenvalue weighted by molar-refractivity contribution is 0.304. The molecule has 1 aromatic heterocycles. The van der Waals surface area contributed by atoms with Crippen molar-refractivity contribution < 1.29 is 8.42 Å². The first-order chi connectivity index (χ1) is 16.4. The molecule has 0 aliphatic rings. The first-order valence-corrected chi connectivity index (χ1v) is 13.8. The van der Waals surface area contributed by atoms with Gasteiger partial charge in [-0.3, -0.25) is 5.10 Å². The molecule has 0 spiro atoms. The Labute approximate surface area is 208 Å². The van der Waals surface area contributed by atoms with Gasteiger partial charge < -0.3 is 4.90 Å². The van der Waals surface area contributed by atoms with Crippen LogP contribution in [0.3, 0.4) is 0 Å². The van der Waals surface area contributed by atoms with Crippen LogP contribution in [-0.4, -0.2) is 53.9 Å². The zero-order valence-electron chi connectivity index (χ0n) is 19.9. The van der Waals surface area contributed by atoms with Gasteiger partial charge in [0, 0.05) is 11.4 Å². The summed E-state index contributed by atoms with van der Waals surface area (Å²) in [4.78, 5) is 6.85. The van der Waals surface area contributed by atoms with Gasteiger partial charge in [0.2, 0.25) is 10.0 Å². The molecule has 0 amide bonds. The lowest BCUT2D eigenvalue weighted by atomic mass is 10.1. The maximum absolute atomic E-state index is 12.9. The molecule has 184 valence electrons. The summed E-state index contributed by atoms with van der Waals surface area (Å²) in [5, 5.41) is 7.98. The molecule has 2 aromatic carbocycles. The van der Waals surface area contributed by atoms with E-state index in [2.05, 4.69) is 38.7 Å². The molecule has 0 aliphatic heterocycles. The largest absolute Gasteiger partial charge is 0.304 e. The van der Waals surface area contributed by atoms with Crippen LogP contribution in [0.2, 0.25) is 5.02 Å². The Bertz CT molecular complexity index is 1100. The molecule has 0 unspecified atom stereocenters. The number of sulfonamides is 1. The number of benzene rings is 2. The molecular formula is C25H34ClN5O2S. The smallest absolute Gasteiger partial charge is 0.212 e. The van der Waals surface area contributed by atoms with Crippen molar-refractivity contribution in [3.8, 4) is 0 Å². The lowest BCUT2D eigenvalue weighted by Gasteiger charge is -2.19. The second-order valence-corrected chi connectivity index (χ2v) is 10.6. The average Bonchev–Trinajstić information content (AvgIpc) is 3.30. The molecule has 9 heteroatoms. The minimum atomic E-state index is -3.48. The van der Waals surface area contributed by atoms with E-state index < -0.39 is 16.1 Å². The highest BCUT2D eigenvalue weighted by Crippen LogP contribution is 2.19. The quantitative estimate of drug-likeness (QED) is 0.341. The van der Waals surface area contributed by atoms with Gasteiger partial charge in [-0.05, 0) is 62.2 Å². The summed E-state index contributed by atoms with van der Waals surface area (Å²) in [6, 6.07) is 17.1. The summed E-state index contributed by atoms with van der Waals surface area (Å²) in [7, 11) is -3.48. The molecule has 0 saturated heterocycles. The van der Waals surface area contributed by atoms with Crippen LogP contribution in [0.15, 0.2) is 54.6 Å². The highest BCUT2D eigenvalue weighted by molar-refractivity contribution is 7.89. The first kappa shape index (κ1) is 26.3. The maximum atomic E-state index is 12.9.